The summed E-state index contributed by atoms with van der Waals surface area (Å²) in [6, 6.07) is 12.2. The summed E-state index contributed by atoms with van der Waals surface area (Å²) >= 11 is 1.35. The number of allylic oxidation sites excluding steroid dienone is 1. The molecule has 2 aromatic rings. The highest BCUT2D eigenvalue weighted by Gasteiger charge is 2.40. The van der Waals surface area contributed by atoms with Gasteiger partial charge >= 0.3 is 0 Å². The van der Waals surface area contributed by atoms with Crippen molar-refractivity contribution >= 4 is 23.4 Å². The quantitative estimate of drug-likeness (QED) is 0.673. The second-order valence-electron chi connectivity index (χ2n) is 7.26. The van der Waals surface area contributed by atoms with Crippen molar-refractivity contribution in [2.75, 3.05) is 38.8 Å². The molecule has 0 spiro atoms. The summed E-state index contributed by atoms with van der Waals surface area (Å²) < 4.78 is 30.6. The number of nitriles is 1. The summed E-state index contributed by atoms with van der Waals surface area (Å²) in [5.41, 5.74) is 1.58. The van der Waals surface area contributed by atoms with Crippen LogP contribution in [0.3, 0.4) is 0 Å². The predicted octanol–water partition coefficient (Wildman–Crippen LogP) is 4.07. The second-order valence-corrected chi connectivity index (χ2v) is 8.20. The van der Waals surface area contributed by atoms with Crippen molar-refractivity contribution in [2.24, 2.45) is 0 Å². The molecule has 0 N–H and O–H groups in total. The first-order valence-electron chi connectivity index (χ1n) is 9.89. The lowest BCUT2D eigenvalue weighted by atomic mass is 9.85. The van der Waals surface area contributed by atoms with Crippen LogP contribution in [0, 0.1) is 17.1 Å². The topological polar surface area (TPSA) is 75.0 Å². The fourth-order valence-corrected chi connectivity index (χ4v) is 5.17. The maximum atomic E-state index is 14.3. The monoisotopic (exact) mass is 455 g/mol. The molecule has 1 amide bonds. The normalized spacial score (nSPS) is 18.2. The van der Waals surface area contributed by atoms with Gasteiger partial charge in [0.25, 0.3) is 0 Å². The molecule has 166 valence electrons. The molecule has 1 saturated heterocycles. The number of benzene rings is 2. The number of methoxy groups -OCH3 is 3. The summed E-state index contributed by atoms with van der Waals surface area (Å²) in [4.78, 5) is 16.5. The Labute approximate surface area is 190 Å². The van der Waals surface area contributed by atoms with Crippen LogP contribution >= 0.6 is 11.8 Å². The maximum absolute atomic E-state index is 14.3. The Morgan fingerprint density at radius 3 is 2.44 bits per heavy atom. The van der Waals surface area contributed by atoms with Crippen LogP contribution in [0.2, 0.25) is 0 Å². The van der Waals surface area contributed by atoms with Crippen molar-refractivity contribution in [1.29, 1.82) is 5.26 Å². The third-order valence-corrected chi connectivity index (χ3v) is 6.75. The molecule has 2 aliphatic heterocycles. The number of anilines is 1. The molecule has 7 nitrogen and oxygen atoms in total. The molecule has 0 aromatic heterocycles. The van der Waals surface area contributed by atoms with Crippen molar-refractivity contribution in [2.45, 2.75) is 12.3 Å². The fourth-order valence-electron chi connectivity index (χ4n) is 4.01. The number of fused-ring (bicyclic) bond motifs is 1. The molecule has 4 rings (SSSR count). The largest absolute Gasteiger partial charge is 0.496 e. The van der Waals surface area contributed by atoms with E-state index in [1.807, 2.05) is 0 Å². The molecule has 0 unspecified atom stereocenters. The number of amides is 1. The van der Waals surface area contributed by atoms with Crippen LogP contribution in [-0.4, -0.2) is 44.7 Å². The number of carbonyl (C=O) groups is 1. The van der Waals surface area contributed by atoms with E-state index in [0.717, 1.165) is 0 Å². The van der Waals surface area contributed by atoms with Gasteiger partial charge < -0.3 is 19.1 Å². The lowest BCUT2D eigenvalue weighted by Gasteiger charge is -2.42. The zero-order valence-corrected chi connectivity index (χ0v) is 18.7. The standard InChI is InChI=1S/C23H22FN3O4S/c1-29-19-10-21(31-3)20(30-2)8-15(19)14-9-22(28)27-12-26(13-32-23(27)16(14)11-25)18-7-5-4-6-17(18)24/h4-8,10,14H,9,12-13H2,1-3H3/t14-/m1/s1. The van der Waals surface area contributed by atoms with E-state index in [4.69, 9.17) is 14.2 Å². The average Bonchev–Trinajstić information content (AvgIpc) is 2.83. The van der Waals surface area contributed by atoms with Crippen molar-refractivity contribution in [3.8, 4) is 23.3 Å². The van der Waals surface area contributed by atoms with Gasteiger partial charge in [0.1, 0.15) is 11.6 Å². The number of carbonyl (C=O) groups excluding carboxylic acids is 1. The van der Waals surface area contributed by atoms with Gasteiger partial charge in [-0.25, -0.2) is 4.39 Å². The Bertz CT molecular complexity index is 1130. The maximum Gasteiger partial charge on any atom is 0.229 e. The van der Waals surface area contributed by atoms with Gasteiger partial charge in [-0.15, -0.1) is 0 Å². The average molecular weight is 456 g/mol. The number of halogens is 1. The SMILES string of the molecule is COc1cc(OC)c([C@H]2CC(=O)N3CN(c4ccccc4F)CSC3=C2C#N)cc1OC. The molecule has 1 fully saturated rings. The number of hydrogen-bond acceptors (Lipinski definition) is 7. The summed E-state index contributed by atoms with van der Waals surface area (Å²) in [6.07, 6.45) is 0.0872. The first-order valence-corrected chi connectivity index (χ1v) is 10.9. The molecule has 9 heteroatoms. The van der Waals surface area contributed by atoms with E-state index in [1.54, 1.807) is 40.1 Å². The molecular formula is C23H22FN3O4S. The van der Waals surface area contributed by atoms with E-state index in [9.17, 15) is 14.4 Å². The van der Waals surface area contributed by atoms with E-state index in [0.29, 0.717) is 45.0 Å². The van der Waals surface area contributed by atoms with Crippen molar-refractivity contribution in [3.05, 3.63) is 58.4 Å². The van der Waals surface area contributed by atoms with Crippen LogP contribution in [0.15, 0.2) is 47.0 Å². The lowest BCUT2D eigenvalue weighted by Crippen LogP contribution is -2.47. The van der Waals surface area contributed by atoms with Crippen LogP contribution in [0.1, 0.15) is 17.9 Å². The molecule has 2 aromatic carbocycles. The summed E-state index contributed by atoms with van der Waals surface area (Å²) in [5.74, 6) is 0.934. The van der Waals surface area contributed by atoms with Gasteiger partial charge in [0.15, 0.2) is 11.5 Å². The number of rotatable bonds is 5. The van der Waals surface area contributed by atoms with Gasteiger partial charge in [-0.1, -0.05) is 23.9 Å². The minimum Gasteiger partial charge on any atom is -0.496 e. The molecule has 1 atom stereocenters. The number of nitrogens with zero attached hydrogens (tertiary/aromatic N) is 3. The van der Waals surface area contributed by atoms with E-state index in [-0.39, 0.29) is 24.8 Å². The Kier molecular flexibility index (Phi) is 6.15. The van der Waals surface area contributed by atoms with Gasteiger partial charge in [-0.3, -0.25) is 9.69 Å². The Morgan fingerprint density at radius 1 is 1.09 bits per heavy atom. The van der Waals surface area contributed by atoms with E-state index >= 15 is 0 Å². The second kappa shape index (κ2) is 9.01. The summed E-state index contributed by atoms with van der Waals surface area (Å²) in [5, 5.41) is 10.6. The molecule has 0 saturated carbocycles. The van der Waals surface area contributed by atoms with E-state index in [2.05, 4.69) is 6.07 Å². The summed E-state index contributed by atoms with van der Waals surface area (Å²) in [7, 11) is 4.59. The molecular weight excluding hydrogens is 433 g/mol. The highest BCUT2D eigenvalue weighted by atomic mass is 32.2. The first kappa shape index (κ1) is 21.8. The molecule has 0 radical (unpaired) electrons. The number of ether oxygens (including phenoxy) is 3. The van der Waals surface area contributed by atoms with Gasteiger partial charge in [-0.05, 0) is 18.2 Å². The third kappa shape index (κ3) is 3.71. The minimum absolute atomic E-state index is 0.0872. The number of thioether (sulfide) groups is 1. The number of para-hydroxylation sites is 1. The van der Waals surface area contributed by atoms with Crippen LogP contribution in [-0.2, 0) is 4.79 Å². The Morgan fingerprint density at radius 2 is 1.78 bits per heavy atom. The van der Waals surface area contributed by atoms with Gasteiger partial charge in [0.05, 0.1) is 56.2 Å². The highest BCUT2D eigenvalue weighted by molar-refractivity contribution is 8.03. The Hall–Kier alpha value is -3.38. The molecule has 32 heavy (non-hydrogen) atoms. The fraction of sp³-hybridized carbons (Fsp3) is 0.304. The van der Waals surface area contributed by atoms with Crippen LogP contribution in [0.5, 0.6) is 17.2 Å². The molecule has 2 aliphatic rings. The van der Waals surface area contributed by atoms with Gasteiger partial charge in [0.2, 0.25) is 5.91 Å². The summed E-state index contributed by atoms with van der Waals surface area (Å²) in [6.45, 7) is 0.184. The van der Waals surface area contributed by atoms with Gasteiger partial charge in [-0.2, -0.15) is 5.26 Å². The van der Waals surface area contributed by atoms with Crippen LogP contribution in [0.4, 0.5) is 10.1 Å². The third-order valence-electron chi connectivity index (χ3n) is 5.60. The molecule has 2 heterocycles. The van der Waals surface area contributed by atoms with E-state index in [1.165, 1.54) is 39.2 Å². The van der Waals surface area contributed by atoms with E-state index < -0.39 is 5.92 Å². The van der Waals surface area contributed by atoms with Crippen molar-refractivity contribution in [3.63, 3.8) is 0 Å². The van der Waals surface area contributed by atoms with Gasteiger partial charge in [0, 0.05) is 24.0 Å². The van der Waals surface area contributed by atoms with Crippen LogP contribution in [0.25, 0.3) is 0 Å². The molecule has 0 bridgehead atoms. The van der Waals surface area contributed by atoms with Crippen molar-refractivity contribution in [1.82, 2.24) is 4.90 Å². The van der Waals surface area contributed by atoms with Crippen LogP contribution < -0.4 is 19.1 Å². The zero-order valence-electron chi connectivity index (χ0n) is 17.9. The minimum atomic E-state index is -0.485. The predicted molar refractivity (Wildman–Crippen MR) is 119 cm³/mol. The number of hydrogen-bond donors (Lipinski definition) is 0. The first-order chi connectivity index (χ1) is 15.5. The Balaban J connectivity index is 1.74. The molecule has 0 aliphatic carbocycles. The van der Waals surface area contributed by atoms with Crippen molar-refractivity contribution < 1.29 is 23.4 Å². The zero-order chi connectivity index (χ0) is 22.8. The smallest absolute Gasteiger partial charge is 0.229 e. The lowest BCUT2D eigenvalue weighted by molar-refractivity contribution is -0.129. The highest BCUT2D eigenvalue weighted by Crippen LogP contribution is 2.47.